The van der Waals surface area contributed by atoms with Crippen LogP contribution in [0.15, 0.2) is 48.8 Å². The maximum atomic E-state index is 13.1. The van der Waals surface area contributed by atoms with Crippen LogP contribution in [0.25, 0.3) is 0 Å². The molecular formula is C21H25F3N4. The maximum absolute atomic E-state index is 13.1. The highest BCUT2D eigenvalue weighted by Gasteiger charge is 2.38. The maximum Gasteiger partial charge on any atom is 0.416 e. The molecule has 4 rings (SSSR count). The molecule has 7 heteroatoms. The molecule has 4 nitrogen and oxygen atoms in total. The molecular weight excluding hydrogens is 365 g/mol. The molecule has 0 aliphatic carbocycles. The molecule has 150 valence electrons. The highest BCUT2D eigenvalue weighted by molar-refractivity contribution is 5.30. The van der Waals surface area contributed by atoms with Crippen LogP contribution in [-0.4, -0.2) is 35.6 Å². The quantitative estimate of drug-likeness (QED) is 0.837. The van der Waals surface area contributed by atoms with Crippen molar-refractivity contribution >= 4 is 0 Å². The van der Waals surface area contributed by atoms with Crippen LogP contribution in [0.1, 0.15) is 35.4 Å². The number of piperidine rings is 1. The van der Waals surface area contributed by atoms with E-state index < -0.39 is 11.7 Å². The summed E-state index contributed by atoms with van der Waals surface area (Å²) in [7, 11) is 0. The third kappa shape index (κ3) is 4.37. The second-order valence-electron chi connectivity index (χ2n) is 7.78. The van der Waals surface area contributed by atoms with E-state index in [4.69, 9.17) is 0 Å². The van der Waals surface area contributed by atoms with E-state index in [1.807, 2.05) is 18.3 Å². The molecule has 2 N–H and O–H groups in total. The predicted molar refractivity (Wildman–Crippen MR) is 101 cm³/mol. The summed E-state index contributed by atoms with van der Waals surface area (Å²) in [6.07, 6.45) is 1.54. The largest absolute Gasteiger partial charge is 0.416 e. The Hall–Kier alpha value is -1.96. The molecule has 3 unspecified atom stereocenters. The van der Waals surface area contributed by atoms with Crippen molar-refractivity contribution in [3.8, 4) is 0 Å². The number of nitrogens with one attached hydrogen (secondary N) is 2. The lowest BCUT2D eigenvalue weighted by Gasteiger charge is -2.37. The first-order valence-corrected chi connectivity index (χ1v) is 9.77. The van der Waals surface area contributed by atoms with Gasteiger partial charge >= 0.3 is 6.18 Å². The number of hydrogen-bond donors (Lipinski definition) is 2. The monoisotopic (exact) mass is 390 g/mol. The number of nitrogens with zero attached hydrogens (tertiary/aromatic N) is 2. The lowest BCUT2D eigenvalue weighted by molar-refractivity contribution is -0.137. The van der Waals surface area contributed by atoms with E-state index in [0.29, 0.717) is 12.5 Å². The summed E-state index contributed by atoms with van der Waals surface area (Å²) in [5, 5.41) is 0. The lowest BCUT2D eigenvalue weighted by atomic mass is 9.80. The Morgan fingerprint density at radius 3 is 2.86 bits per heavy atom. The highest BCUT2D eigenvalue weighted by atomic mass is 19.4. The molecule has 0 saturated carbocycles. The van der Waals surface area contributed by atoms with Crippen molar-refractivity contribution in [1.29, 1.82) is 0 Å². The third-order valence-electron chi connectivity index (χ3n) is 5.85. The highest BCUT2D eigenvalue weighted by Crippen LogP contribution is 2.35. The second kappa shape index (κ2) is 8.19. The van der Waals surface area contributed by atoms with Gasteiger partial charge in [-0.05, 0) is 48.6 Å². The van der Waals surface area contributed by atoms with Crippen molar-refractivity contribution in [3.05, 3.63) is 65.5 Å². The average molecular weight is 390 g/mol. The van der Waals surface area contributed by atoms with E-state index in [9.17, 15) is 13.2 Å². The Morgan fingerprint density at radius 1 is 1.18 bits per heavy atom. The van der Waals surface area contributed by atoms with Crippen LogP contribution in [0.2, 0.25) is 0 Å². The van der Waals surface area contributed by atoms with E-state index in [-0.39, 0.29) is 12.0 Å². The number of hydrazine groups is 1. The molecule has 2 aliphatic heterocycles. The summed E-state index contributed by atoms with van der Waals surface area (Å²) in [6.45, 7) is 3.48. The Kier molecular flexibility index (Phi) is 5.66. The molecule has 0 radical (unpaired) electrons. The molecule has 28 heavy (non-hydrogen) atoms. The van der Waals surface area contributed by atoms with Crippen LogP contribution < -0.4 is 10.9 Å². The van der Waals surface area contributed by atoms with Crippen molar-refractivity contribution in [3.63, 3.8) is 0 Å². The SMILES string of the molecule is FC(F)(F)c1cccc(C2CNNC2C2CCCN(Cc3cccnc3)C2)c1. The van der Waals surface area contributed by atoms with Gasteiger partial charge < -0.3 is 0 Å². The minimum absolute atomic E-state index is 0.0330. The number of alkyl halides is 3. The number of halogens is 3. The second-order valence-corrected chi connectivity index (χ2v) is 7.78. The standard InChI is InChI=1S/C21H25F3N4/c22-21(23,24)18-7-1-5-16(10-18)19-12-26-27-20(19)17-6-3-9-28(14-17)13-15-4-2-8-25-11-15/h1-2,4-5,7-8,10-11,17,19-20,26-27H,3,6,9,12-14H2. The zero-order valence-electron chi connectivity index (χ0n) is 15.6. The summed E-state index contributed by atoms with van der Waals surface area (Å²) in [6, 6.07) is 9.94. The van der Waals surface area contributed by atoms with E-state index in [1.165, 1.54) is 17.7 Å². The van der Waals surface area contributed by atoms with Gasteiger partial charge in [-0.1, -0.05) is 24.3 Å². The van der Waals surface area contributed by atoms with Gasteiger partial charge in [-0.2, -0.15) is 13.2 Å². The normalized spacial score (nSPS) is 26.5. The zero-order chi connectivity index (χ0) is 19.6. The van der Waals surface area contributed by atoms with Gasteiger partial charge in [-0.15, -0.1) is 0 Å². The van der Waals surface area contributed by atoms with Crippen molar-refractivity contribution in [1.82, 2.24) is 20.7 Å². The molecule has 3 atom stereocenters. The van der Waals surface area contributed by atoms with Crippen LogP contribution >= 0.6 is 0 Å². The van der Waals surface area contributed by atoms with Crippen LogP contribution in [0, 0.1) is 5.92 Å². The van der Waals surface area contributed by atoms with E-state index in [0.717, 1.165) is 44.1 Å². The predicted octanol–water partition coefficient (Wildman–Crippen LogP) is 3.57. The molecule has 0 spiro atoms. The topological polar surface area (TPSA) is 40.2 Å². The van der Waals surface area contributed by atoms with Gasteiger partial charge in [0.25, 0.3) is 0 Å². The molecule has 0 bridgehead atoms. The summed E-state index contributed by atoms with van der Waals surface area (Å²) in [4.78, 5) is 6.61. The smallest absolute Gasteiger partial charge is 0.299 e. The number of hydrogen-bond acceptors (Lipinski definition) is 4. The molecule has 2 fully saturated rings. The molecule has 2 aliphatic rings. The van der Waals surface area contributed by atoms with Crippen molar-refractivity contribution < 1.29 is 13.2 Å². The van der Waals surface area contributed by atoms with E-state index >= 15 is 0 Å². The van der Waals surface area contributed by atoms with Crippen LogP contribution in [0.5, 0.6) is 0 Å². The van der Waals surface area contributed by atoms with Gasteiger partial charge in [-0.25, -0.2) is 0 Å². The van der Waals surface area contributed by atoms with Gasteiger partial charge in [-0.3, -0.25) is 20.7 Å². The number of likely N-dealkylation sites (tertiary alicyclic amines) is 1. The van der Waals surface area contributed by atoms with Crippen LogP contribution in [-0.2, 0) is 12.7 Å². The Morgan fingerprint density at radius 2 is 2.07 bits per heavy atom. The number of rotatable bonds is 4. The number of pyridine rings is 1. The van der Waals surface area contributed by atoms with Crippen molar-refractivity contribution in [2.24, 2.45) is 5.92 Å². The third-order valence-corrected chi connectivity index (χ3v) is 5.85. The molecule has 0 amide bonds. The Bertz CT molecular complexity index is 781. The first-order valence-electron chi connectivity index (χ1n) is 9.77. The van der Waals surface area contributed by atoms with Crippen molar-refractivity contribution in [2.45, 2.75) is 37.5 Å². The molecule has 1 aromatic carbocycles. The van der Waals surface area contributed by atoms with E-state index in [1.54, 1.807) is 6.20 Å². The van der Waals surface area contributed by atoms with Gasteiger partial charge in [0, 0.05) is 44.0 Å². The average Bonchev–Trinajstić information content (AvgIpc) is 3.18. The lowest BCUT2D eigenvalue weighted by Crippen LogP contribution is -2.46. The molecule has 2 aromatic rings. The van der Waals surface area contributed by atoms with Gasteiger partial charge in [0.1, 0.15) is 0 Å². The molecule has 3 heterocycles. The summed E-state index contributed by atoms with van der Waals surface area (Å²) < 4.78 is 39.4. The fourth-order valence-corrected chi connectivity index (χ4v) is 4.51. The number of aromatic nitrogens is 1. The minimum Gasteiger partial charge on any atom is -0.299 e. The van der Waals surface area contributed by atoms with Crippen molar-refractivity contribution in [2.75, 3.05) is 19.6 Å². The molecule has 1 aromatic heterocycles. The summed E-state index contributed by atoms with van der Waals surface area (Å²) in [5.41, 5.74) is 7.90. The number of benzene rings is 1. The van der Waals surface area contributed by atoms with Crippen LogP contribution in [0.3, 0.4) is 0 Å². The first-order chi connectivity index (χ1) is 13.5. The van der Waals surface area contributed by atoms with E-state index in [2.05, 4.69) is 26.8 Å². The fraction of sp³-hybridized carbons (Fsp3) is 0.476. The summed E-state index contributed by atoms with van der Waals surface area (Å²) >= 11 is 0. The zero-order valence-corrected chi connectivity index (χ0v) is 15.6. The Labute approximate surface area is 163 Å². The van der Waals surface area contributed by atoms with Crippen LogP contribution in [0.4, 0.5) is 13.2 Å². The minimum atomic E-state index is -4.31. The van der Waals surface area contributed by atoms with Gasteiger partial charge in [0.15, 0.2) is 0 Å². The fourth-order valence-electron chi connectivity index (χ4n) is 4.51. The Balaban J connectivity index is 1.47. The van der Waals surface area contributed by atoms with Gasteiger partial charge in [0.05, 0.1) is 5.56 Å². The molecule has 2 saturated heterocycles. The summed E-state index contributed by atoms with van der Waals surface area (Å²) in [5.74, 6) is 0.422. The van der Waals surface area contributed by atoms with Gasteiger partial charge in [0.2, 0.25) is 0 Å². The first kappa shape index (κ1) is 19.4.